The predicted molar refractivity (Wildman–Crippen MR) is 235 cm³/mol. The average Bonchev–Trinajstić information content (AvgIpc) is 3.88. The van der Waals surface area contributed by atoms with E-state index in [2.05, 4.69) is 182 Å². The van der Waals surface area contributed by atoms with Crippen LogP contribution < -0.4 is 0 Å². The average molecular weight is 730 g/mol. The van der Waals surface area contributed by atoms with Crippen molar-refractivity contribution in [2.24, 2.45) is 0 Å². The quantitative estimate of drug-likeness (QED) is 0.181. The molecule has 1 aliphatic rings. The molecule has 0 aliphatic heterocycles. The normalized spacial score (nSPS) is 13.2. The van der Waals surface area contributed by atoms with Crippen molar-refractivity contribution >= 4 is 54.6 Å². The molecule has 0 amide bonds. The Kier molecular flexibility index (Phi) is 6.65. The predicted octanol–water partition coefficient (Wildman–Crippen LogP) is 13.9. The number of rotatable bonds is 4. The molecular weight excluding hydrogens is 695 g/mol. The van der Waals surface area contributed by atoms with E-state index >= 15 is 0 Å². The number of para-hydroxylation sites is 3. The van der Waals surface area contributed by atoms with Crippen molar-refractivity contribution in [1.29, 1.82) is 0 Å². The summed E-state index contributed by atoms with van der Waals surface area (Å²) in [7, 11) is 0. The highest BCUT2D eigenvalue weighted by molar-refractivity contribution is 6.14. The fraction of sp³-hybridized carbons (Fsp3) is 0.0566. The summed E-state index contributed by atoms with van der Waals surface area (Å²) in [5.41, 5.74) is 16.5. The van der Waals surface area contributed by atoms with Crippen LogP contribution in [0.5, 0.6) is 0 Å². The Morgan fingerprint density at radius 3 is 2.04 bits per heavy atom. The minimum atomic E-state index is -0.115. The van der Waals surface area contributed by atoms with Crippen LogP contribution in [0, 0.1) is 0 Å². The van der Waals surface area contributed by atoms with Gasteiger partial charge in [0.1, 0.15) is 11.2 Å². The molecular formula is C53H35N3O. The largest absolute Gasteiger partial charge is 0.456 e. The molecule has 0 N–H and O–H groups in total. The summed E-state index contributed by atoms with van der Waals surface area (Å²) in [6.07, 6.45) is 0. The lowest BCUT2D eigenvalue weighted by atomic mass is 9.82. The summed E-state index contributed by atoms with van der Waals surface area (Å²) in [5, 5.41) is 5.55. The molecule has 0 atom stereocenters. The molecule has 0 unspecified atom stereocenters. The lowest BCUT2D eigenvalue weighted by Gasteiger charge is -2.22. The second-order valence-corrected chi connectivity index (χ2v) is 15.8. The fourth-order valence-electron chi connectivity index (χ4n) is 9.47. The van der Waals surface area contributed by atoms with Gasteiger partial charge >= 0.3 is 0 Å². The highest BCUT2D eigenvalue weighted by Crippen LogP contribution is 2.50. The molecule has 3 aromatic heterocycles. The minimum absolute atomic E-state index is 0.115. The van der Waals surface area contributed by atoms with Gasteiger partial charge in [0, 0.05) is 49.2 Å². The number of fused-ring (bicyclic) bond motifs is 10. The smallest absolute Gasteiger partial charge is 0.161 e. The van der Waals surface area contributed by atoms with E-state index in [4.69, 9.17) is 14.4 Å². The first-order chi connectivity index (χ1) is 28.0. The van der Waals surface area contributed by atoms with E-state index in [0.29, 0.717) is 5.82 Å². The Bertz CT molecular complexity index is 3440. The van der Waals surface area contributed by atoms with E-state index in [1.807, 2.05) is 12.1 Å². The highest BCUT2D eigenvalue weighted by atomic mass is 16.3. The summed E-state index contributed by atoms with van der Waals surface area (Å²) < 4.78 is 8.89. The van der Waals surface area contributed by atoms with Gasteiger partial charge in [0.2, 0.25) is 0 Å². The van der Waals surface area contributed by atoms with E-state index in [9.17, 15) is 0 Å². The number of aromatic nitrogens is 3. The van der Waals surface area contributed by atoms with Crippen LogP contribution in [0.4, 0.5) is 0 Å². The zero-order valence-corrected chi connectivity index (χ0v) is 31.5. The third kappa shape index (κ3) is 4.68. The van der Waals surface area contributed by atoms with E-state index in [0.717, 1.165) is 66.5 Å². The maximum atomic E-state index is 6.53. The molecule has 4 nitrogen and oxygen atoms in total. The topological polar surface area (TPSA) is 43.9 Å². The van der Waals surface area contributed by atoms with Gasteiger partial charge < -0.3 is 8.98 Å². The molecule has 57 heavy (non-hydrogen) atoms. The van der Waals surface area contributed by atoms with Gasteiger partial charge in [0.05, 0.1) is 22.2 Å². The molecule has 268 valence electrons. The number of hydrogen-bond donors (Lipinski definition) is 0. The van der Waals surface area contributed by atoms with Crippen LogP contribution in [0.15, 0.2) is 180 Å². The van der Waals surface area contributed by atoms with Crippen molar-refractivity contribution in [3.05, 3.63) is 187 Å². The molecule has 8 aromatic carbocycles. The van der Waals surface area contributed by atoms with E-state index in [-0.39, 0.29) is 5.41 Å². The van der Waals surface area contributed by atoms with Crippen LogP contribution in [0.25, 0.3) is 105 Å². The van der Waals surface area contributed by atoms with Crippen molar-refractivity contribution in [3.63, 3.8) is 0 Å². The Hall–Kier alpha value is -7.30. The lowest BCUT2D eigenvalue weighted by Crippen LogP contribution is -2.15. The van der Waals surface area contributed by atoms with Crippen molar-refractivity contribution in [2.45, 2.75) is 19.3 Å². The van der Waals surface area contributed by atoms with Crippen LogP contribution in [-0.4, -0.2) is 14.5 Å². The molecule has 3 heterocycles. The maximum Gasteiger partial charge on any atom is 0.161 e. The summed E-state index contributed by atoms with van der Waals surface area (Å²) in [5.74, 6) is 0.681. The third-order valence-electron chi connectivity index (χ3n) is 12.2. The molecule has 11 aromatic rings. The lowest BCUT2D eigenvalue weighted by molar-refractivity contribution is 0.660. The van der Waals surface area contributed by atoms with Gasteiger partial charge in [-0.05, 0) is 94.0 Å². The molecule has 0 spiro atoms. The molecule has 0 saturated carbocycles. The summed E-state index contributed by atoms with van der Waals surface area (Å²) in [6, 6.07) is 62.8. The molecule has 12 rings (SSSR count). The Labute approximate surface area is 329 Å². The zero-order valence-electron chi connectivity index (χ0n) is 31.5. The zero-order chi connectivity index (χ0) is 37.8. The molecule has 0 saturated heterocycles. The summed E-state index contributed by atoms with van der Waals surface area (Å²) in [6.45, 7) is 4.65. The first kappa shape index (κ1) is 32.0. The Morgan fingerprint density at radius 1 is 0.456 bits per heavy atom. The molecule has 0 bridgehead atoms. The van der Waals surface area contributed by atoms with Crippen LogP contribution >= 0.6 is 0 Å². The third-order valence-corrected chi connectivity index (χ3v) is 12.2. The van der Waals surface area contributed by atoms with Gasteiger partial charge in [-0.15, -0.1) is 0 Å². The van der Waals surface area contributed by atoms with Gasteiger partial charge in [-0.2, -0.15) is 0 Å². The SMILES string of the molecule is CC1(C)c2ccccc2-c2ccc(-c3nc(-c4cccc5oc6ccc(-c7ccc8c(c7)c7ccccc7n8-c7ccccc7)cc6c45)nc4ccccc34)cc21. The minimum Gasteiger partial charge on any atom is -0.456 e. The second kappa shape index (κ2) is 11.8. The fourth-order valence-corrected chi connectivity index (χ4v) is 9.47. The number of furan rings is 1. The monoisotopic (exact) mass is 729 g/mol. The van der Waals surface area contributed by atoms with Crippen LogP contribution in [-0.2, 0) is 5.41 Å². The van der Waals surface area contributed by atoms with Crippen LogP contribution in [0.1, 0.15) is 25.0 Å². The molecule has 0 fully saturated rings. The van der Waals surface area contributed by atoms with E-state index in [1.165, 1.54) is 44.1 Å². The standard InChI is InChI=1S/C53H35N3O/c1-53(2)43-19-9-6-15-36(43)37-26-23-34(31-44(37)53)51-39-17-7-10-20-45(39)54-52(55-51)40-18-12-22-49-50(40)42-30-33(25-28-48(42)57-49)32-24-27-47-41(29-32)38-16-8-11-21-46(38)56(47)35-13-4-3-5-14-35/h3-31H,1-2H3. The summed E-state index contributed by atoms with van der Waals surface area (Å²) in [4.78, 5) is 10.6. The Morgan fingerprint density at radius 2 is 1.14 bits per heavy atom. The Balaban J connectivity index is 1.03. The van der Waals surface area contributed by atoms with Crippen LogP contribution in [0.2, 0.25) is 0 Å². The first-order valence-electron chi connectivity index (χ1n) is 19.6. The van der Waals surface area contributed by atoms with Crippen molar-refractivity contribution < 1.29 is 4.42 Å². The van der Waals surface area contributed by atoms with Gasteiger partial charge in [0.25, 0.3) is 0 Å². The number of benzene rings is 8. The second-order valence-electron chi connectivity index (χ2n) is 15.8. The molecule has 0 radical (unpaired) electrons. The van der Waals surface area contributed by atoms with Crippen molar-refractivity contribution in [1.82, 2.24) is 14.5 Å². The number of nitrogens with zero attached hydrogens (tertiary/aromatic N) is 3. The van der Waals surface area contributed by atoms with Crippen molar-refractivity contribution in [2.75, 3.05) is 0 Å². The van der Waals surface area contributed by atoms with E-state index < -0.39 is 0 Å². The maximum absolute atomic E-state index is 6.53. The highest BCUT2D eigenvalue weighted by Gasteiger charge is 2.35. The first-order valence-corrected chi connectivity index (χ1v) is 19.6. The molecule has 4 heteroatoms. The van der Waals surface area contributed by atoms with Crippen molar-refractivity contribution in [3.8, 4) is 50.6 Å². The van der Waals surface area contributed by atoms with Gasteiger partial charge in [-0.25, -0.2) is 9.97 Å². The van der Waals surface area contributed by atoms with Crippen LogP contribution in [0.3, 0.4) is 0 Å². The summed E-state index contributed by atoms with van der Waals surface area (Å²) >= 11 is 0. The molecule has 1 aliphatic carbocycles. The van der Waals surface area contributed by atoms with Gasteiger partial charge in [0.15, 0.2) is 5.82 Å². The van der Waals surface area contributed by atoms with E-state index in [1.54, 1.807) is 0 Å². The van der Waals surface area contributed by atoms with Gasteiger partial charge in [-0.3, -0.25) is 0 Å². The van der Waals surface area contributed by atoms with Gasteiger partial charge in [-0.1, -0.05) is 129 Å². The number of hydrogen-bond acceptors (Lipinski definition) is 3.